The molecule has 0 amide bonds. The molecule has 0 saturated carbocycles. The minimum Gasteiger partial charge on any atom is -0.469 e. The van der Waals surface area contributed by atoms with Gasteiger partial charge in [-0.15, -0.1) is 0 Å². The number of Topliss-reactive ketones (excluding diaryl/α,β-unsaturated/α-hetero) is 1. The van der Waals surface area contributed by atoms with Gasteiger partial charge in [0, 0.05) is 23.4 Å². The highest BCUT2D eigenvalue weighted by molar-refractivity contribution is 5.97. The summed E-state index contributed by atoms with van der Waals surface area (Å²) in [6.07, 6.45) is 4.71. The molecule has 1 aromatic carbocycles. The Balaban J connectivity index is 2.51. The van der Waals surface area contributed by atoms with Gasteiger partial charge in [-0.2, -0.15) is 0 Å². The van der Waals surface area contributed by atoms with Crippen LogP contribution in [0.1, 0.15) is 35.2 Å². The number of benzene rings is 1. The minimum absolute atomic E-state index is 0.0840. The van der Waals surface area contributed by atoms with E-state index in [0.717, 1.165) is 5.56 Å². The van der Waals surface area contributed by atoms with Crippen LogP contribution in [-0.4, -0.2) is 25.4 Å². The van der Waals surface area contributed by atoms with E-state index < -0.39 is 0 Å². The maximum atomic E-state index is 11.8. The molecule has 0 bridgehead atoms. The topological polar surface area (TPSA) is 92.1 Å². The maximum absolute atomic E-state index is 11.8. The van der Waals surface area contributed by atoms with Crippen LogP contribution in [0.2, 0.25) is 0 Å². The summed E-state index contributed by atoms with van der Waals surface area (Å²) in [6, 6.07) is 7.12. The van der Waals surface area contributed by atoms with Crippen LogP contribution in [0.4, 0.5) is 0 Å². The molecule has 110 valence electrons. The Morgan fingerprint density at radius 1 is 1.29 bits per heavy atom. The van der Waals surface area contributed by atoms with E-state index in [4.69, 9.17) is 5.53 Å². The number of azide groups is 1. The average Bonchev–Trinajstić information content (AvgIpc) is 2.52. The molecule has 0 unspecified atom stereocenters. The lowest BCUT2D eigenvalue weighted by Crippen LogP contribution is -2.05. The van der Waals surface area contributed by atoms with Crippen molar-refractivity contribution in [2.75, 3.05) is 13.7 Å². The Morgan fingerprint density at radius 3 is 2.62 bits per heavy atom. The van der Waals surface area contributed by atoms with Crippen molar-refractivity contribution < 1.29 is 14.3 Å². The second-order valence-corrected chi connectivity index (χ2v) is 4.27. The van der Waals surface area contributed by atoms with E-state index in [1.807, 2.05) is 24.3 Å². The van der Waals surface area contributed by atoms with E-state index in [-0.39, 0.29) is 24.6 Å². The van der Waals surface area contributed by atoms with E-state index in [1.165, 1.54) is 7.11 Å². The molecule has 6 nitrogen and oxygen atoms in total. The van der Waals surface area contributed by atoms with E-state index >= 15 is 0 Å². The fourth-order valence-electron chi connectivity index (χ4n) is 1.64. The number of carbonyl (C=O) groups excluding carboxylic acids is 2. The van der Waals surface area contributed by atoms with Gasteiger partial charge < -0.3 is 4.74 Å². The summed E-state index contributed by atoms with van der Waals surface area (Å²) >= 11 is 0. The Morgan fingerprint density at radius 2 is 2.00 bits per heavy atom. The number of ether oxygens (including phenoxy) is 1. The standard InChI is InChI=1S/C15H17N3O3/c1-21-15(20)10-9-14(19)13-7-5-12(6-8-13)4-2-3-11-17-18-16/h2,4-8H,3,9-11H2,1H3. The molecule has 6 heteroatoms. The molecule has 0 spiro atoms. The van der Waals surface area contributed by atoms with Gasteiger partial charge in [0.2, 0.25) is 0 Å². The zero-order valence-corrected chi connectivity index (χ0v) is 11.9. The molecular formula is C15H17N3O3. The number of carbonyl (C=O) groups is 2. The molecule has 0 fully saturated rings. The molecule has 1 aromatic rings. The fourth-order valence-corrected chi connectivity index (χ4v) is 1.64. The lowest BCUT2D eigenvalue weighted by molar-refractivity contribution is -0.140. The first-order valence-electron chi connectivity index (χ1n) is 6.55. The summed E-state index contributed by atoms with van der Waals surface area (Å²) in [4.78, 5) is 25.5. The van der Waals surface area contributed by atoms with Crippen molar-refractivity contribution in [2.45, 2.75) is 19.3 Å². The Kier molecular flexibility index (Phi) is 7.32. The largest absolute Gasteiger partial charge is 0.469 e. The van der Waals surface area contributed by atoms with Crippen LogP contribution in [0.3, 0.4) is 0 Å². The Bertz CT molecular complexity index is 558. The molecule has 0 radical (unpaired) electrons. The molecule has 0 aliphatic heterocycles. The number of hydrogen-bond acceptors (Lipinski definition) is 4. The summed E-state index contributed by atoms with van der Waals surface area (Å²) < 4.78 is 4.50. The highest BCUT2D eigenvalue weighted by Gasteiger charge is 2.08. The van der Waals surface area contributed by atoms with Gasteiger partial charge in [-0.1, -0.05) is 41.5 Å². The van der Waals surface area contributed by atoms with Crippen molar-refractivity contribution in [1.29, 1.82) is 0 Å². The van der Waals surface area contributed by atoms with Gasteiger partial charge in [0.15, 0.2) is 5.78 Å². The van der Waals surface area contributed by atoms with Crippen molar-refractivity contribution >= 4 is 17.8 Å². The van der Waals surface area contributed by atoms with Crippen LogP contribution in [-0.2, 0) is 9.53 Å². The molecule has 0 aliphatic carbocycles. The summed E-state index contributed by atoms with van der Waals surface area (Å²) in [5.41, 5.74) is 9.67. The normalized spacial score (nSPS) is 10.1. The summed E-state index contributed by atoms with van der Waals surface area (Å²) in [6.45, 7) is 0.428. The molecule has 0 aromatic heterocycles. The van der Waals surface area contributed by atoms with Crippen LogP contribution in [0.5, 0.6) is 0 Å². The average molecular weight is 287 g/mol. The predicted octanol–water partition coefficient (Wildman–Crippen LogP) is 3.54. The summed E-state index contributed by atoms with van der Waals surface area (Å²) in [7, 11) is 1.30. The third-order valence-corrected chi connectivity index (χ3v) is 2.79. The number of esters is 1. The minimum atomic E-state index is -0.386. The third-order valence-electron chi connectivity index (χ3n) is 2.79. The van der Waals surface area contributed by atoms with Gasteiger partial charge >= 0.3 is 5.97 Å². The summed E-state index contributed by atoms with van der Waals surface area (Å²) in [5, 5.41) is 3.43. The van der Waals surface area contributed by atoms with Crippen molar-refractivity contribution in [2.24, 2.45) is 5.11 Å². The number of methoxy groups -OCH3 is 1. The molecule has 0 N–H and O–H groups in total. The molecule has 0 aliphatic rings. The first-order chi connectivity index (χ1) is 10.2. The fraction of sp³-hybridized carbons (Fsp3) is 0.333. The molecular weight excluding hydrogens is 270 g/mol. The summed E-state index contributed by atoms with van der Waals surface area (Å²) in [5.74, 6) is -0.470. The zero-order valence-electron chi connectivity index (χ0n) is 11.9. The van der Waals surface area contributed by atoms with E-state index in [9.17, 15) is 9.59 Å². The first kappa shape index (κ1) is 16.5. The number of rotatable bonds is 8. The monoisotopic (exact) mass is 287 g/mol. The van der Waals surface area contributed by atoms with E-state index in [1.54, 1.807) is 12.1 Å². The van der Waals surface area contributed by atoms with Crippen LogP contribution >= 0.6 is 0 Å². The van der Waals surface area contributed by atoms with Crippen molar-refractivity contribution in [3.63, 3.8) is 0 Å². The van der Waals surface area contributed by atoms with Gasteiger partial charge in [-0.25, -0.2) is 0 Å². The van der Waals surface area contributed by atoms with Gasteiger partial charge in [-0.3, -0.25) is 9.59 Å². The van der Waals surface area contributed by atoms with Crippen LogP contribution < -0.4 is 0 Å². The third kappa shape index (κ3) is 6.40. The van der Waals surface area contributed by atoms with Crippen LogP contribution in [0, 0.1) is 0 Å². The smallest absolute Gasteiger partial charge is 0.305 e. The number of nitrogens with zero attached hydrogens (tertiary/aromatic N) is 3. The van der Waals surface area contributed by atoms with Crippen LogP contribution in [0.15, 0.2) is 35.5 Å². The van der Waals surface area contributed by atoms with Gasteiger partial charge in [0.25, 0.3) is 0 Å². The van der Waals surface area contributed by atoms with Gasteiger partial charge in [0.05, 0.1) is 13.5 Å². The highest BCUT2D eigenvalue weighted by Crippen LogP contribution is 2.10. The second-order valence-electron chi connectivity index (χ2n) is 4.27. The highest BCUT2D eigenvalue weighted by atomic mass is 16.5. The maximum Gasteiger partial charge on any atom is 0.305 e. The van der Waals surface area contributed by atoms with E-state index in [0.29, 0.717) is 18.5 Å². The quantitative estimate of drug-likeness (QED) is 0.183. The number of hydrogen-bond donors (Lipinski definition) is 0. The predicted molar refractivity (Wildman–Crippen MR) is 79.7 cm³/mol. The molecule has 0 atom stereocenters. The van der Waals surface area contributed by atoms with Gasteiger partial charge in [0.1, 0.15) is 0 Å². The first-order valence-corrected chi connectivity index (χ1v) is 6.55. The zero-order chi connectivity index (χ0) is 15.5. The molecule has 21 heavy (non-hydrogen) atoms. The molecule has 0 heterocycles. The lowest BCUT2D eigenvalue weighted by atomic mass is 10.0. The van der Waals surface area contributed by atoms with Crippen LogP contribution in [0.25, 0.3) is 16.5 Å². The SMILES string of the molecule is COC(=O)CCC(=O)c1ccc(C=CCCN=[N+]=[N-])cc1. The number of ketones is 1. The van der Waals surface area contributed by atoms with E-state index in [2.05, 4.69) is 14.8 Å². The van der Waals surface area contributed by atoms with Gasteiger partial charge in [-0.05, 0) is 17.5 Å². The molecule has 0 saturated heterocycles. The van der Waals surface area contributed by atoms with Crippen molar-refractivity contribution in [3.8, 4) is 0 Å². The Hall–Kier alpha value is -2.59. The second kappa shape index (κ2) is 9.34. The van der Waals surface area contributed by atoms with Crippen molar-refractivity contribution in [1.82, 2.24) is 0 Å². The lowest BCUT2D eigenvalue weighted by Gasteiger charge is -2.01. The Labute approximate surface area is 123 Å². The molecule has 1 rings (SSSR count). The van der Waals surface area contributed by atoms with Crippen molar-refractivity contribution in [3.05, 3.63) is 51.9 Å².